The van der Waals surface area contributed by atoms with Crippen LogP contribution in [0.2, 0.25) is 0 Å². The summed E-state index contributed by atoms with van der Waals surface area (Å²) in [6.07, 6.45) is 4.60. The monoisotopic (exact) mass is 464 g/mol. The first-order valence-corrected chi connectivity index (χ1v) is 10.4. The number of halogens is 4. The Balaban J connectivity index is 1.62. The number of nitrogens with one attached hydrogen (secondary N) is 2. The molecule has 1 aliphatic carbocycles. The van der Waals surface area contributed by atoms with Crippen molar-refractivity contribution in [2.45, 2.75) is 38.5 Å². The number of benzene rings is 2. The van der Waals surface area contributed by atoms with Crippen LogP contribution >= 0.6 is 12.2 Å². The molecule has 0 spiro atoms. The smallest absolute Gasteiger partial charge is 0.387 e. The Hall–Kier alpha value is -3.07. The van der Waals surface area contributed by atoms with E-state index in [0.29, 0.717) is 5.11 Å². The van der Waals surface area contributed by atoms with Gasteiger partial charge in [-0.25, -0.2) is 0 Å². The summed E-state index contributed by atoms with van der Waals surface area (Å²) in [5.41, 5.74) is 4.85. The second-order valence-electron chi connectivity index (χ2n) is 7.35. The van der Waals surface area contributed by atoms with E-state index in [-0.39, 0.29) is 17.5 Å². The molecule has 2 aromatic carbocycles. The molecule has 0 saturated heterocycles. The molecular formula is C23H20F4N2O2S. The summed E-state index contributed by atoms with van der Waals surface area (Å²) in [6.45, 7) is -5.74. The second kappa shape index (κ2) is 9.60. The number of allylic oxidation sites excluding steroid dienone is 1. The van der Waals surface area contributed by atoms with E-state index in [1.807, 2.05) is 6.08 Å². The maximum atomic E-state index is 12.4. The van der Waals surface area contributed by atoms with Gasteiger partial charge < -0.3 is 20.1 Å². The summed E-state index contributed by atoms with van der Waals surface area (Å²) in [7, 11) is 0. The first-order chi connectivity index (χ1) is 15.4. The van der Waals surface area contributed by atoms with Crippen LogP contribution in [0.15, 0.2) is 65.4 Å². The Bertz CT molecular complexity index is 1040. The zero-order chi connectivity index (χ0) is 22.7. The molecule has 1 heterocycles. The minimum Gasteiger partial charge on any atom is -0.435 e. The van der Waals surface area contributed by atoms with Crippen LogP contribution in [0, 0.1) is 0 Å². The fourth-order valence-electron chi connectivity index (χ4n) is 3.96. The Labute approximate surface area is 187 Å². The van der Waals surface area contributed by atoms with Gasteiger partial charge in [-0.2, -0.15) is 17.6 Å². The summed E-state index contributed by atoms with van der Waals surface area (Å²) < 4.78 is 58.4. The topological polar surface area (TPSA) is 42.5 Å². The molecule has 1 aliphatic heterocycles. The van der Waals surface area contributed by atoms with Gasteiger partial charge >= 0.3 is 13.2 Å². The third kappa shape index (κ3) is 5.21. The molecule has 1 atom stereocenters. The van der Waals surface area contributed by atoms with Gasteiger partial charge in [-0.15, -0.1) is 0 Å². The van der Waals surface area contributed by atoms with Gasteiger partial charge in [0.25, 0.3) is 0 Å². The van der Waals surface area contributed by atoms with Crippen LogP contribution in [-0.2, 0) is 0 Å². The first kappa shape index (κ1) is 22.1. The van der Waals surface area contributed by atoms with Crippen molar-refractivity contribution in [3.05, 3.63) is 76.5 Å². The van der Waals surface area contributed by atoms with Crippen LogP contribution in [0.3, 0.4) is 0 Å². The molecule has 2 N–H and O–H groups in total. The summed E-state index contributed by atoms with van der Waals surface area (Å²) >= 11 is 5.41. The second-order valence-corrected chi connectivity index (χ2v) is 7.76. The van der Waals surface area contributed by atoms with E-state index in [0.717, 1.165) is 47.2 Å². The van der Waals surface area contributed by atoms with Crippen LogP contribution in [0.5, 0.6) is 11.5 Å². The quantitative estimate of drug-likeness (QED) is 0.410. The molecule has 2 aliphatic rings. The summed E-state index contributed by atoms with van der Waals surface area (Å²) in [6, 6.07) is 12.8. The van der Waals surface area contributed by atoms with Crippen molar-refractivity contribution >= 4 is 23.4 Å². The number of rotatable bonds is 6. The fourth-order valence-corrected chi connectivity index (χ4v) is 4.18. The molecule has 0 bridgehead atoms. The van der Waals surface area contributed by atoms with Gasteiger partial charge in [-0.05, 0) is 84.1 Å². The molecule has 0 aromatic heterocycles. The summed E-state index contributed by atoms with van der Waals surface area (Å²) in [5.74, 6) is 0.198. The molecule has 0 saturated carbocycles. The predicted octanol–water partition coefficient (Wildman–Crippen LogP) is 5.93. The van der Waals surface area contributed by atoms with Crippen molar-refractivity contribution in [3.63, 3.8) is 0 Å². The van der Waals surface area contributed by atoms with Gasteiger partial charge in [-0.3, -0.25) is 0 Å². The normalized spacial score (nSPS) is 19.6. The van der Waals surface area contributed by atoms with Gasteiger partial charge in [0.15, 0.2) is 5.11 Å². The van der Waals surface area contributed by atoms with Gasteiger partial charge in [0, 0.05) is 5.70 Å². The number of thiocarbonyl (C=S) groups is 1. The Morgan fingerprint density at radius 2 is 1.47 bits per heavy atom. The van der Waals surface area contributed by atoms with Crippen molar-refractivity contribution in [2.75, 3.05) is 0 Å². The SMILES string of the molecule is FC(F)Oc1ccc(C=C2CCCC3=C2NC(=S)NC3c2ccc(OC(F)F)cc2)cc1. The predicted molar refractivity (Wildman–Crippen MR) is 117 cm³/mol. The largest absolute Gasteiger partial charge is 0.435 e. The summed E-state index contributed by atoms with van der Waals surface area (Å²) in [5, 5.41) is 6.98. The van der Waals surface area contributed by atoms with E-state index < -0.39 is 13.2 Å². The standard InChI is InChI=1S/C23H20F4N2O2S/c24-21(25)30-16-8-4-13(5-9-16)12-15-2-1-3-18-19(28-23(32)29-20(15)18)14-6-10-17(11-7-14)31-22(26)27/h4-12,19,21-22H,1-3H2,(H2,28,29,32). The van der Waals surface area contributed by atoms with E-state index in [2.05, 4.69) is 20.1 Å². The lowest BCUT2D eigenvalue weighted by Crippen LogP contribution is -2.45. The highest BCUT2D eigenvalue weighted by atomic mass is 32.1. The molecule has 168 valence electrons. The molecule has 4 nitrogen and oxygen atoms in total. The minimum absolute atomic E-state index is 0.0953. The number of alkyl halides is 4. The Kier molecular flexibility index (Phi) is 6.64. The van der Waals surface area contributed by atoms with E-state index in [1.54, 1.807) is 24.3 Å². The molecule has 0 amide bonds. The molecule has 0 radical (unpaired) electrons. The molecule has 4 rings (SSSR count). The molecular weight excluding hydrogens is 444 g/mol. The molecule has 2 aromatic rings. The maximum absolute atomic E-state index is 12.4. The highest BCUT2D eigenvalue weighted by Gasteiger charge is 2.30. The van der Waals surface area contributed by atoms with E-state index in [4.69, 9.17) is 12.2 Å². The zero-order valence-corrected chi connectivity index (χ0v) is 17.6. The fraction of sp³-hybridized carbons (Fsp3) is 0.261. The van der Waals surface area contributed by atoms with Gasteiger partial charge in [0.2, 0.25) is 0 Å². The van der Waals surface area contributed by atoms with Crippen LogP contribution < -0.4 is 20.1 Å². The molecule has 32 heavy (non-hydrogen) atoms. The van der Waals surface area contributed by atoms with E-state index in [1.165, 1.54) is 24.3 Å². The highest BCUT2D eigenvalue weighted by molar-refractivity contribution is 7.80. The average Bonchev–Trinajstić information content (AvgIpc) is 2.75. The van der Waals surface area contributed by atoms with Crippen LogP contribution in [0.1, 0.15) is 36.4 Å². The highest BCUT2D eigenvalue weighted by Crippen LogP contribution is 2.39. The lowest BCUT2D eigenvalue weighted by atomic mass is 9.83. The lowest BCUT2D eigenvalue weighted by Gasteiger charge is -2.36. The van der Waals surface area contributed by atoms with Crippen LogP contribution in [0.4, 0.5) is 17.6 Å². The molecule has 9 heteroatoms. The zero-order valence-electron chi connectivity index (χ0n) is 16.8. The Morgan fingerprint density at radius 3 is 2.06 bits per heavy atom. The lowest BCUT2D eigenvalue weighted by molar-refractivity contribution is -0.0505. The average molecular weight is 464 g/mol. The molecule has 0 fully saturated rings. The Morgan fingerprint density at radius 1 is 0.875 bits per heavy atom. The van der Waals surface area contributed by atoms with E-state index in [9.17, 15) is 17.6 Å². The van der Waals surface area contributed by atoms with Crippen LogP contribution in [0.25, 0.3) is 6.08 Å². The third-order valence-corrected chi connectivity index (χ3v) is 5.50. The first-order valence-electron chi connectivity index (χ1n) is 10.00. The van der Waals surface area contributed by atoms with Crippen LogP contribution in [-0.4, -0.2) is 18.3 Å². The van der Waals surface area contributed by atoms with Crippen molar-refractivity contribution < 1.29 is 27.0 Å². The molecule has 1 unspecified atom stereocenters. The van der Waals surface area contributed by atoms with Gasteiger partial charge in [0.05, 0.1) is 6.04 Å². The van der Waals surface area contributed by atoms with E-state index >= 15 is 0 Å². The van der Waals surface area contributed by atoms with Crippen molar-refractivity contribution in [2.24, 2.45) is 0 Å². The summed E-state index contributed by atoms with van der Waals surface area (Å²) in [4.78, 5) is 0. The number of ether oxygens (including phenoxy) is 2. The van der Waals surface area contributed by atoms with Gasteiger partial charge in [-0.1, -0.05) is 24.3 Å². The number of hydrogen-bond acceptors (Lipinski definition) is 3. The van der Waals surface area contributed by atoms with Crippen molar-refractivity contribution in [1.29, 1.82) is 0 Å². The minimum atomic E-state index is -2.87. The van der Waals surface area contributed by atoms with Gasteiger partial charge in [0.1, 0.15) is 11.5 Å². The number of hydrogen-bond donors (Lipinski definition) is 2. The van der Waals surface area contributed by atoms with Crippen molar-refractivity contribution in [3.8, 4) is 11.5 Å². The van der Waals surface area contributed by atoms with Crippen molar-refractivity contribution in [1.82, 2.24) is 10.6 Å². The third-order valence-electron chi connectivity index (χ3n) is 5.28. The maximum Gasteiger partial charge on any atom is 0.387 e.